The molecule has 2 saturated heterocycles. The normalized spacial score (nSPS) is 16.9. The molecule has 0 radical (unpaired) electrons. The van der Waals surface area contributed by atoms with Crippen LogP contribution in [0.2, 0.25) is 0 Å². The van der Waals surface area contributed by atoms with E-state index in [4.69, 9.17) is 9.47 Å². The van der Waals surface area contributed by atoms with Crippen molar-refractivity contribution in [2.45, 2.75) is 64.2 Å². The zero-order valence-corrected chi connectivity index (χ0v) is 30.3. The first-order valence-corrected chi connectivity index (χ1v) is 16.3. The molecule has 45 heavy (non-hydrogen) atoms. The van der Waals surface area contributed by atoms with Gasteiger partial charge in [0.05, 0.1) is 14.2 Å². The summed E-state index contributed by atoms with van der Waals surface area (Å²) in [4.78, 5) is 25.7. The molecule has 2 aromatic carbocycles. The Labute approximate surface area is 291 Å². The number of aldehydes is 2. The summed E-state index contributed by atoms with van der Waals surface area (Å²) in [6, 6.07) is 13.9. The van der Waals surface area contributed by atoms with Crippen LogP contribution < -0.4 is 9.47 Å². The van der Waals surface area contributed by atoms with Crippen LogP contribution in [0.5, 0.6) is 11.5 Å². The van der Waals surface area contributed by atoms with Gasteiger partial charge in [-0.3, -0.25) is 9.59 Å². The van der Waals surface area contributed by atoms with Gasteiger partial charge in [-0.15, -0.1) is 50.3 Å². The summed E-state index contributed by atoms with van der Waals surface area (Å²) in [7, 11) is 3.17. The van der Waals surface area contributed by atoms with E-state index < -0.39 is 0 Å². The lowest BCUT2D eigenvalue weighted by molar-refractivity contribution is 0.111. The zero-order chi connectivity index (χ0) is 32.4. The van der Waals surface area contributed by atoms with Crippen molar-refractivity contribution >= 4 is 36.5 Å². The lowest BCUT2D eigenvalue weighted by Crippen LogP contribution is -2.31. The van der Waals surface area contributed by atoms with Gasteiger partial charge in [0.2, 0.25) is 0 Å². The summed E-state index contributed by atoms with van der Waals surface area (Å²) < 4.78 is 9.80. The maximum atomic E-state index is 10.2. The minimum Gasteiger partial charge on any atom is -0.497 e. The summed E-state index contributed by atoms with van der Waals surface area (Å²) in [6.07, 6.45) is 16.4. The molecule has 252 valence electrons. The fourth-order valence-corrected chi connectivity index (χ4v) is 5.01. The number of halogens is 1. The van der Waals surface area contributed by atoms with Crippen LogP contribution in [0.1, 0.15) is 84.9 Å². The molecule has 0 bridgehead atoms. The predicted octanol–water partition coefficient (Wildman–Crippen LogP) is 9.00. The highest BCUT2D eigenvalue weighted by atomic mass is 127. The van der Waals surface area contributed by atoms with E-state index in [1.807, 2.05) is 0 Å². The van der Waals surface area contributed by atoms with Crippen LogP contribution in [0.3, 0.4) is 0 Å². The summed E-state index contributed by atoms with van der Waals surface area (Å²) >= 11 is 0. The molecule has 7 heteroatoms. The molecule has 0 atom stereocenters. The Kier molecular flexibility index (Phi) is 26.3. The molecular formula is C38H59IN2O4. The molecule has 2 aliphatic heterocycles. The Balaban J connectivity index is 0.000000548. The zero-order valence-electron chi connectivity index (χ0n) is 28.0. The van der Waals surface area contributed by atoms with Crippen molar-refractivity contribution in [1.82, 2.24) is 9.80 Å². The molecule has 2 aromatic rings. The standard InChI is InChI=1S/2C9H17N.2C8H8O2.2C2H4.HI/c2*1-2-6-10(7-3-1)8-9-4-5-9;1-10-8-4-2-7(6-9)3-5-8;1-10-8-4-2-3-7(5-8)6-9;2*1-2;/h2*9H,1-8H2;2*2-6H,1H3;2*1-2H2;1H. The Hall–Kier alpha value is -2.49. The third-order valence-corrected chi connectivity index (χ3v) is 7.81. The number of carbonyl (C=O) groups is 2. The summed E-state index contributed by atoms with van der Waals surface area (Å²) in [5.41, 5.74) is 1.31. The number of piperidine rings is 2. The minimum absolute atomic E-state index is 0. The van der Waals surface area contributed by atoms with Gasteiger partial charge in [0.25, 0.3) is 0 Å². The van der Waals surface area contributed by atoms with Gasteiger partial charge in [-0.05, 0) is 126 Å². The lowest BCUT2D eigenvalue weighted by Gasteiger charge is -2.26. The number of rotatable bonds is 8. The first kappa shape index (κ1) is 42.5. The van der Waals surface area contributed by atoms with Gasteiger partial charge in [-0.1, -0.05) is 25.0 Å². The molecule has 0 unspecified atom stereocenters. The Bertz CT molecular complexity index is 969. The van der Waals surface area contributed by atoms with Crippen LogP contribution in [-0.2, 0) is 0 Å². The van der Waals surface area contributed by atoms with Gasteiger partial charge in [0.1, 0.15) is 24.1 Å². The minimum atomic E-state index is 0. The summed E-state index contributed by atoms with van der Waals surface area (Å²) in [5.74, 6) is 3.67. The summed E-state index contributed by atoms with van der Waals surface area (Å²) in [6.45, 7) is 20.4. The monoisotopic (exact) mass is 734 g/mol. The van der Waals surface area contributed by atoms with E-state index in [1.54, 1.807) is 62.8 Å². The molecule has 2 saturated carbocycles. The SMILES string of the molecule is C1CCN(CC2CC2)CC1.C1CCN(CC2CC2)CC1.C=C.C=C.COc1ccc(C=O)cc1.COc1cccc(C=O)c1.I. The van der Waals surface area contributed by atoms with Crippen molar-refractivity contribution in [3.8, 4) is 11.5 Å². The van der Waals surface area contributed by atoms with Crippen molar-refractivity contribution in [3.63, 3.8) is 0 Å². The molecular weight excluding hydrogens is 675 g/mol. The quantitative estimate of drug-likeness (QED) is 0.153. The summed E-state index contributed by atoms with van der Waals surface area (Å²) in [5, 5.41) is 0. The third-order valence-electron chi connectivity index (χ3n) is 7.81. The van der Waals surface area contributed by atoms with E-state index in [0.717, 1.165) is 30.2 Å². The maximum absolute atomic E-state index is 10.2. The van der Waals surface area contributed by atoms with Gasteiger partial charge < -0.3 is 19.3 Å². The molecule has 4 aliphatic rings. The van der Waals surface area contributed by atoms with Gasteiger partial charge in [0, 0.05) is 24.2 Å². The third kappa shape index (κ3) is 21.0. The second-order valence-corrected chi connectivity index (χ2v) is 11.4. The van der Waals surface area contributed by atoms with Crippen LogP contribution >= 0.6 is 24.0 Å². The first-order chi connectivity index (χ1) is 21.6. The van der Waals surface area contributed by atoms with Crippen molar-refractivity contribution in [2.75, 3.05) is 53.5 Å². The Morgan fingerprint density at radius 2 is 1.04 bits per heavy atom. The number of methoxy groups -OCH3 is 2. The number of hydrogen-bond donors (Lipinski definition) is 0. The van der Waals surface area contributed by atoms with Crippen molar-refractivity contribution < 1.29 is 19.1 Å². The molecule has 4 fully saturated rings. The largest absolute Gasteiger partial charge is 0.497 e. The highest BCUT2D eigenvalue weighted by Crippen LogP contribution is 2.31. The predicted molar refractivity (Wildman–Crippen MR) is 201 cm³/mol. The van der Waals surface area contributed by atoms with Crippen molar-refractivity contribution in [2.24, 2.45) is 11.8 Å². The average molecular weight is 735 g/mol. The highest BCUT2D eigenvalue weighted by molar-refractivity contribution is 14.0. The lowest BCUT2D eigenvalue weighted by atomic mass is 10.1. The van der Waals surface area contributed by atoms with E-state index in [2.05, 4.69) is 36.1 Å². The smallest absolute Gasteiger partial charge is 0.150 e. The highest BCUT2D eigenvalue weighted by Gasteiger charge is 2.25. The molecule has 2 heterocycles. The van der Waals surface area contributed by atoms with Crippen molar-refractivity contribution in [3.05, 3.63) is 86.0 Å². The van der Waals surface area contributed by atoms with Crippen LogP contribution in [-0.4, -0.2) is 75.9 Å². The van der Waals surface area contributed by atoms with Crippen LogP contribution in [0.25, 0.3) is 0 Å². The number of hydrogen-bond acceptors (Lipinski definition) is 6. The number of nitrogens with zero attached hydrogens (tertiary/aromatic N) is 2. The second kappa shape index (κ2) is 27.8. The van der Waals surface area contributed by atoms with Crippen LogP contribution in [0.4, 0.5) is 0 Å². The van der Waals surface area contributed by atoms with E-state index in [1.165, 1.54) is 103 Å². The number of likely N-dealkylation sites (tertiary alicyclic amines) is 2. The fraction of sp³-hybridized carbons (Fsp3) is 0.526. The average Bonchev–Trinajstić information content (AvgIpc) is 4.07. The second-order valence-electron chi connectivity index (χ2n) is 11.4. The topological polar surface area (TPSA) is 59.1 Å². The molecule has 0 aromatic heterocycles. The number of ether oxygens (including phenoxy) is 2. The van der Waals surface area contributed by atoms with Gasteiger partial charge in [-0.2, -0.15) is 0 Å². The van der Waals surface area contributed by atoms with E-state index >= 15 is 0 Å². The van der Waals surface area contributed by atoms with E-state index in [-0.39, 0.29) is 24.0 Å². The number of benzene rings is 2. The van der Waals surface area contributed by atoms with Gasteiger partial charge in [-0.25, -0.2) is 0 Å². The van der Waals surface area contributed by atoms with E-state index in [9.17, 15) is 9.59 Å². The van der Waals surface area contributed by atoms with Gasteiger partial charge >= 0.3 is 0 Å². The van der Waals surface area contributed by atoms with Crippen LogP contribution in [0.15, 0.2) is 74.8 Å². The van der Waals surface area contributed by atoms with E-state index in [0.29, 0.717) is 16.9 Å². The molecule has 0 N–H and O–H groups in total. The molecule has 6 rings (SSSR count). The molecule has 2 aliphatic carbocycles. The van der Waals surface area contributed by atoms with Crippen molar-refractivity contribution in [1.29, 1.82) is 0 Å². The molecule has 6 nitrogen and oxygen atoms in total. The Morgan fingerprint density at radius 3 is 1.40 bits per heavy atom. The van der Waals surface area contributed by atoms with Gasteiger partial charge in [0.15, 0.2) is 0 Å². The first-order valence-electron chi connectivity index (χ1n) is 16.3. The number of carbonyl (C=O) groups excluding carboxylic acids is 2. The fourth-order valence-electron chi connectivity index (χ4n) is 5.01. The molecule has 0 spiro atoms. The maximum Gasteiger partial charge on any atom is 0.150 e. The molecule has 0 amide bonds. The van der Waals surface area contributed by atoms with Crippen LogP contribution in [0, 0.1) is 11.8 Å². The Morgan fingerprint density at radius 1 is 0.622 bits per heavy atom.